The van der Waals surface area contributed by atoms with Crippen molar-refractivity contribution in [2.24, 2.45) is 0 Å². The molecule has 0 fully saturated rings. The number of benzene rings is 3. The quantitative estimate of drug-likeness (QED) is 0.476. The summed E-state index contributed by atoms with van der Waals surface area (Å²) >= 11 is 6.26. The van der Waals surface area contributed by atoms with Crippen LogP contribution in [-0.2, 0) is 21.2 Å². The fraction of sp³-hybridized carbons (Fsp3) is 0.240. The number of methoxy groups -OCH3 is 1. The number of rotatable bonds is 9. The molecule has 174 valence electrons. The summed E-state index contributed by atoms with van der Waals surface area (Å²) in [5.41, 5.74) is 0.747. The minimum atomic E-state index is -4.03. The topological polar surface area (TPSA) is 75.7 Å². The molecule has 1 N–H and O–H groups in total. The second kappa shape index (κ2) is 10.3. The molecule has 6 nitrogen and oxygen atoms in total. The van der Waals surface area contributed by atoms with Crippen molar-refractivity contribution < 1.29 is 17.9 Å². The van der Waals surface area contributed by atoms with Crippen LogP contribution in [0.5, 0.6) is 5.75 Å². The van der Waals surface area contributed by atoms with Gasteiger partial charge >= 0.3 is 0 Å². The molecule has 3 aromatic carbocycles. The van der Waals surface area contributed by atoms with Crippen LogP contribution in [0.15, 0.2) is 83.8 Å². The van der Waals surface area contributed by atoms with E-state index in [1.165, 1.54) is 25.3 Å². The van der Waals surface area contributed by atoms with E-state index in [9.17, 15) is 13.2 Å². The van der Waals surface area contributed by atoms with E-state index < -0.39 is 28.0 Å². The lowest BCUT2D eigenvalue weighted by atomic mass is 9.95. The first-order valence-electron chi connectivity index (χ1n) is 10.4. The smallest absolute Gasteiger partial charge is 0.264 e. The van der Waals surface area contributed by atoms with Crippen molar-refractivity contribution in [3.63, 3.8) is 0 Å². The Hall–Kier alpha value is -3.03. The third-order valence-corrected chi connectivity index (χ3v) is 7.09. The van der Waals surface area contributed by atoms with Gasteiger partial charge in [0.15, 0.2) is 0 Å². The Balaban J connectivity index is 1.89. The second-order valence-electron chi connectivity index (χ2n) is 8.24. The number of ether oxygens (including phenoxy) is 1. The van der Waals surface area contributed by atoms with Crippen LogP contribution in [0.1, 0.15) is 19.4 Å². The molecular weight excluding hydrogens is 460 g/mol. The standard InChI is InChI=1S/C25H27ClN2O4S/c1-25(2,17-19-10-6-4-7-11-19)27-24(29)18-28(20-14-15-23(32-3)22(26)16-20)33(30,31)21-12-8-5-9-13-21/h4-16H,17-18H2,1-3H3,(H,27,29). The Morgan fingerprint density at radius 3 is 2.18 bits per heavy atom. The Kier molecular flexibility index (Phi) is 7.66. The summed E-state index contributed by atoms with van der Waals surface area (Å²) in [6.07, 6.45) is 0.597. The van der Waals surface area contributed by atoms with Crippen molar-refractivity contribution in [2.45, 2.75) is 30.7 Å². The third kappa shape index (κ3) is 6.27. The molecule has 0 aliphatic carbocycles. The number of hydrogen-bond donors (Lipinski definition) is 1. The van der Waals surface area contributed by atoms with Gasteiger partial charge in [-0.1, -0.05) is 60.1 Å². The Morgan fingerprint density at radius 1 is 1.00 bits per heavy atom. The Bertz CT molecular complexity index is 1200. The highest BCUT2D eigenvalue weighted by Crippen LogP contribution is 2.32. The lowest BCUT2D eigenvalue weighted by Gasteiger charge is -2.29. The third-order valence-electron chi connectivity index (χ3n) is 5.01. The minimum absolute atomic E-state index is 0.0771. The van der Waals surface area contributed by atoms with Gasteiger partial charge in [0.1, 0.15) is 12.3 Å². The zero-order chi connectivity index (χ0) is 24.1. The maximum Gasteiger partial charge on any atom is 0.264 e. The molecule has 1 amide bonds. The summed E-state index contributed by atoms with van der Waals surface area (Å²) in [6.45, 7) is 3.40. The summed E-state index contributed by atoms with van der Waals surface area (Å²) in [4.78, 5) is 13.1. The van der Waals surface area contributed by atoms with Crippen molar-refractivity contribution in [1.29, 1.82) is 0 Å². The molecule has 33 heavy (non-hydrogen) atoms. The molecule has 0 heterocycles. The molecule has 3 rings (SSSR count). The van der Waals surface area contributed by atoms with E-state index >= 15 is 0 Å². The van der Waals surface area contributed by atoms with Gasteiger partial charge in [0.05, 0.1) is 22.7 Å². The van der Waals surface area contributed by atoms with Crippen molar-refractivity contribution in [3.8, 4) is 5.75 Å². The van der Waals surface area contributed by atoms with Gasteiger partial charge < -0.3 is 10.1 Å². The van der Waals surface area contributed by atoms with Crippen molar-refractivity contribution >= 4 is 33.2 Å². The van der Waals surface area contributed by atoms with Gasteiger partial charge in [0, 0.05) is 5.54 Å². The predicted molar refractivity (Wildman–Crippen MR) is 131 cm³/mol. The van der Waals surface area contributed by atoms with E-state index in [2.05, 4.69) is 5.32 Å². The highest BCUT2D eigenvalue weighted by atomic mass is 35.5. The lowest BCUT2D eigenvalue weighted by Crippen LogP contribution is -2.50. The molecule has 8 heteroatoms. The van der Waals surface area contributed by atoms with E-state index in [1.54, 1.807) is 30.3 Å². The van der Waals surface area contributed by atoms with Crippen LogP contribution in [0, 0.1) is 0 Å². The van der Waals surface area contributed by atoms with E-state index in [1.807, 2.05) is 44.2 Å². The maximum atomic E-state index is 13.5. The lowest BCUT2D eigenvalue weighted by molar-refractivity contribution is -0.121. The van der Waals surface area contributed by atoms with E-state index in [-0.39, 0.29) is 15.6 Å². The first-order chi connectivity index (χ1) is 15.6. The van der Waals surface area contributed by atoms with Crippen LogP contribution < -0.4 is 14.4 Å². The van der Waals surface area contributed by atoms with Gasteiger partial charge in [-0.3, -0.25) is 9.10 Å². The molecule has 0 bridgehead atoms. The van der Waals surface area contributed by atoms with Gasteiger partial charge in [0.25, 0.3) is 10.0 Å². The summed E-state index contributed by atoms with van der Waals surface area (Å²) in [7, 11) is -2.55. The first kappa shape index (κ1) is 24.6. The molecule has 0 radical (unpaired) electrons. The molecule has 0 atom stereocenters. The molecule has 3 aromatic rings. The molecule has 0 aromatic heterocycles. The first-order valence-corrected chi connectivity index (χ1v) is 12.2. The normalized spacial score (nSPS) is 11.6. The fourth-order valence-corrected chi connectivity index (χ4v) is 5.23. The Morgan fingerprint density at radius 2 is 1.61 bits per heavy atom. The number of anilines is 1. The number of carbonyl (C=O) groups is 1. The van der Waals surface area contributed by atoms with Crippen LogP contribution in [0.4, 0.5) is 5.69 Å². The van der Waals surface area contributed by atoms with Crippen LogP contribution in [0.3, 0.4) is 0 Å². The van der Waals surface area contributed by atoms with E-state index in [4.69, 9.17) is 16.3 Å². The fourth-order valence-electron chi connectivity index (χ4n) is 3.54. The van der Waals surface area contributed by atoms with Crippen molar-refractivity contribution in [3.05, 3.63) is 89.4 Å². The van der Waals surface area contributed by atoms with Crippen molar-refractivity contribution in [2.75, 3.05) is 18.0 Å². The van der Waals surface area contributed by atoms with Gasteiger partial charge in [-0.15, -0.1) is 0 Å². The van der Waals surface area contributed by atoms with Crippen molar-refractivity contribution in [1.82, 2.24) is 5.32 Å². The number of hydrogen-bond acceptors (Lipinski definition) is 4. The van der Waals surface area contributed by atoms with Crippen LogP contribution in [-0.4, -0.2) is 33.5 Å². The van der Waals surface area contributed by atoms with Gasteiger partial charge in [0.2, 0.25) is 5.91 Å². The summed E-state index contributed by atoms with van der Waals surface area (Å²) < 4.78 is 33.2. The molecular formula is C25H27ClN2O4S. The molecule has 0 saturated heterocycles. The molecule has 0 aliphatic rings. The number of amides is 1. The molecule has 0 spiro atoms. The van der Waals surface area contributed by atoms with Gasteiger partial charge in [-0.05, 0) is 56.2 Å². The van der Waals surface area contributed by atoms with E-state index in [0.717, 1.165) is 9.87 Å². The maximum absolute atomic E-state index is 13.5. The number of sulfonamides is 1. The average molecular weight is 487 g/mol. The summed E-state index contributed by atoms with van der Waals surface area (Å²) in [6, 6.07) is 22.4. The molecule has 0 unspecified atom stereocenters. The van der Waals surface area contributed by atoms with Gasteiger partial charge in [-0.25, -0.2) is 8.42 Å². The zero-order valence-corrected chi connectivity index (χ0v) is 20.4. The minimum Gasteiger partial charge on any atom is -0.495 e. The van der Waals surface area contributed by atoms with E-state index in [0.29, 0.717) is 12.2 Å². The summed E-state index contributed by atoms with van der Waals surface area (Å²) in [5, 5.41) is 3.21. The summed E-state index contributed by atoms with van der Waals surface area (Å²) in [5.74, 6) is -0.0201. The molecule has 0 saturated carbocycles. The largest absolute Gasteiger partial charge is 0.495 e. The molecule has 0 aliphatic heterocycles. The second-order valence-corrected chi connectivity index (χ2v) is 10.5. The highest BCUT2D eigenvalue weighted by molar-refractivity contribution is 7.92. The van der Waals surface area contributed by atoms with Crippen LogP contribution in [0.2, 0.25) is 5.02 Å². The zero-order valence-electron chi connectivity index (χ0n) is 18.8. The number of carbonyl (C=O) groups excluding carboxylic acids is 1. The van der Waals surface area contributed by atoms with Gasteiger partial charge in [-0.2, -0.15) is 0 Å². The average Bonchev–Trinajstić information content (AvgIpc) is 2.78. The highest BCUT2D eigenvalue weighted by Gasteiger charge is 2.30. The Labute approximate surface area is 200 Å². The van der Waals surface area contributed by atoms with Crippen LogP contribution >= 0.6 is 11.6 Å². The SMILES string of the molecule is COc1ccc(N(CC(=O)NC(C)(C)Cc2ccccc2)S(=O)(=O)c2ccccc2)cc1Cl. The number of nitrogens with zero attached hydrogens (tertiary/aromatic N) is 1. The predicted octanol–water partition coefficient (Wildman–Crippen LogP) is 4.68. The number of halogens is 1. The number of nitrogens with one attached hydrogen (secondary N) is 1. The monoisotopic (exact) mass is 486 g/mol. The van der Waals surface area contributed by atoms with Crippen LogP contribution in [0.25, 0.3) is 0 Å².